The molecule has 1 saturated carbocycles. The van der Waals surface area contributed by atoms with Gasteiger partial charge in [0.25, 0.3) is 0 Å². The van der Waals surface area contributed by atoms with E-state index in [-0.39, 0.29) is 5.82 Å². The fourth-order valence-electron chi connectivity index (χ4n) is 0.521. The first-order valence-electron chi connectivity index (χ1n) is 2.26. The maximum atomic E-state index is 8.48. The molecule has 4 heteroatoms. The van der Waals surface area contributed by atoms with Crippen molar-refractivity contribution < 1.29 is 15.2 Å². The number of aliphatic hydroxyl groups excluding tert-OH is 1. The highest BCUT2D eigenvalue weighted by molar-refractivity contribution is 6.44. The second kappa shape index (κ2) is 1.47. The number of hydrogen-bond acceptors (Lipinski definition) is 3. The van der Waals surface area contributed by atoms with Crippen LogP contribution in [0.3, 0.4) is 0 Å². The molecule has 0 bridgehead atoms. The molecule has 0 spiro atoms. The lowest BCUT2D eigenvalue weighted by atomic mass is 9.83. The molecule has 0 saturated heterocycles. The zero-order valence-electron chi connectivity index (χ0n) is 3.78. The first-order chi connectivity index (χ1) is 3.22. The third kappa shape index (κ3) is 0.935. The molecule has 1 rings (SSSR count). The lowest BCUT2D eigenvalue weighted by Gasteiger charge is -1.87. The maximum Gasteiger partial charge on any atom is 0.457 e. The summed E-state index contributed by atoms with van der Waals surface area (Å²) >= 11 is 0. The first kappa shape index (κ1) is 5.09. The molecular formula is C3H7BO3. The highest BCUT2D eigenvalue weighted by Crippen LogP contribution is 2.37. The molecule has 3 N–H and O–H groups in total. The highest BCUT2D eigenvalue weighted by atomic mass is 16.4. The summed E-state index contributed by atoms with van der Waals surface area (Å²) in [4.78, 5) is 0. The maximum absolute atomic E-state index is 8.48. The fraction of sp³-hybridized carbons (Fsp3) is 1.00. The Morgan fingerprint density at radius 3 is 1.86 bits per heavy atom. The molecule has 7 heavy (non-hydrogen) atoms. The van der Waals surface area contributed by atoms with E-state index >= 15 is 0 Å². The van der Waals surface area contributed by atoms with Crippen LogP contribution in [0.2, 0.25) is 5.82 Å². The van der Waals surface area contributed by atoms with E-state index in [0.29, 0.717) is 6.42 Å². The van der Waals surface area contributed by atoms with Crippen LogP contribution in [0.4, 0.5) is 0 Å². The lowest BCUT2D eigenvalue weighted by Crippen LogP contribution is -2.12. The van der Waals surface area contributed by atoms with Crippen LogP contribution in [0.15, 0.2) is 0 Å². The van der Waals surface area contributed by atoms with Gasteiger partial charge >= 0.3 is 7.12 Å². The Kier molecular flexibility index (Phi) is 1.07. The van der Waals surface area contributed by atoms with Crippen LogP contribution in [-0.4, -0.2) is 28.4 Å². The van der Waals surface area contributed by atoms with E-state index < -0.39 is 13.2 Å². The van der Waals surface area contributed by atoms with Crippen molar-refractivity contribution in [2.75, 3.05) is 0 Å². The SMILES string of the molecule is OB(O)[C@@H]1C[C@H]1O. The van der Waals surface area contributed by atoms with Crippen molar-refractivity contribution >= 4 is 7.12 Å². The van der Waals surface area contributed by atoms with Gasteiger partial charge in [0.2, 0.25) is 0 Å². The average molecular weight is 102 g/mol. The van der Waals surface area contributed by atoms with Crippen molar-refractivity contribution in [3.8, 4) is 0 Å². The molecule has 0 amide bonds. The second-order valence-corrected chi connectivity index (χ2v) is 1.88. The third-order valence-corrected chi connectivity index (χ3v) is 1.19. The molecule has 1 fully saturated rings. The Balaban J connectivity index is 2.20. The van der Waals surface area contributed by atoms with Gasteiger partial charge in [-0.2, -0.15) is 0 Å². The molecule has 0 aromatic rings. The molecule has 1 aliphatic rings. The van der Waals surface area contributed by atoms with Gasteiger partial charge in [0, 0.05) is 5.82 Å². The molecule has 0 heterocycles. The molecule has 0 unspecified atom stereocenters. The topological polar surface area (TPSA) is 60.7 Å². The largest absolute Gasteiger partial charge is 0.457 e. The van der Waals surface area contributed by atoms with Crippen LogP contribution < -0.4 is 0 Å². The summed E-state index contributed by atoms with van der Waals surface area (Å²) in [6, 6.07) is 0. The molecule has 0 aromatic heterocycles. The van der Waals surface area contributed by atoms with Gasteiger partial charge < -0.3 is 15.2 Å². The summed E-state index contributed by atoms with van der Waals surface area (Å²) in [6.07, 6.45) is 0.0810. The summed E-state index contributed by atoms with van der Waals surface area (Å²) < 4.78 is 0. The summed E-state index contributed by atoms with van der Waals surface area (Å²) in [5, 5.41) is 25.0. The Morgan fingerprint density at radius 1 is 1.43 bits per heavy atom. The molecule has 0 aliphatic heterocycles. The Bertz CT molecular complexity index is 74.6. The minimum Gasteiger partial charge on any atom is -0.427 e. The van der Waals surface area contributed by atoms with Gasteiger partial charge in [-0.3, -0.25) is 0 Å². The molecule has 3 nitrogen and oxygen atoms in total. The molecule has 1 aliphatic carbocycles. The van der Waals surface area contributed by atoms with Crippen LogP contribution in [-0.2, 0) is 0 Å². The predicted molar refractivity (Wildman–Crippen MR) is 24.6 cm³/mol. The van der Waals surface area contributed by atoms with Gasteiger partial charge in [0.15, 0.2) is 0 Å². The monoisotopic (exact) mass is 102 g/mol. The van der Waals surface area contributed by atoms with Crippen LogP contribution in [0, 0.1) is 0 Å². The molecular weight excluding hydrogens is 94.8 g/mol. The van der Waals surface area contributed by atoms with Crippen LogP contribution >= 0.6 is 0 Å². The molecule has 2 atom stereocenters. The van der Waals surface area contributed by atoms with E-state index in [1.807, 2.05) is 0 Å². The third-order valence-electron chi connectivity index (χ3n) is 1.19. The van der Waals surface area contributed by atoms with Crippen molar-refractivity contribution in [2.24, 2.45) is 0 Å². The van der Waals surface area contributed by atoms with Gasteiger partial charge in [-0.25, -0.2) is 0 Å². The number of hydrogen-bond donors (Lipinski definition) is 3. The van der Waals surface area contributed by atoms with E-state index in [0.717, 1.165) is 0 Å². The number of aliphatic hydroxyl groups is 1. The van der Waals surface area contributed by atoms with Gasteiger partial charge in [0.05, 0.1) is 6.10 Å². The van der Waals surface area contributed by atoms with Crippen LogP contribution in [0.25, 0.3) is 0 Å². The van der Waals surface area contributed by atoms with Crippen molar-refractivity contribution in [3.63, 3.8) is 0 Å². The van der Waals surface area contributed by atoms with Gasteiger partial charge in [-0.15, -0.1) is 0 Å². The van der Waals surface area contributed by atoms with E-state index in [4.69, 9.17) is 15.2 Å². The summed E-state index contributed by atoms with van der Waals surface area (Å²) in [5.41, 5.74) is 0. The zero-order valence-corrected chi connectivity index (χ0v) is 3.78. The zero-order chi connectivity index (χ0) is 5.44. The quantitative estimate of drug-likeness (QED) is 0.356. The Labute approximate surface area is 41.7 Å². The van der Waals surface area contributed by atoms with Gasteiger partial charge in [0.1, 0.15) is 0 Å². The van der Waals surface area contributed by atoms with Crippen molar-refractivity contribution in [2.45, 2.75) is 18.3 Å². The van der Waals surface area contributed by atoms with Gasteiger partial charge in [-0.05, 0) is 6.42 Å². The van der Waals surface area contributed by atoms with Crippen molar-refractivity contribution in [1.29, 1.82) is 0 Å². The Hall–Kier alpha value is -0.0551. The molecule has 0 radical (unpaired) electrons. The van der Waals surface area contributed by atoms with Crippen molar-refractivity contribution in [1.82, 2.24) is 0 Å². The normalized spacial score (nSPS) is 38.1. The lowest BCUT2D eigenvalue weighted by molar-refractivity contribution is 0.270. The standard InChI is InChI=1S/C3H7BO3/c5-3-1-2(3)4(6)7/h2-3,5-7H,1H2/t2-,3-/m1/s1. The molecule has 0 aromatic carbocycles. The van der Waals surface area contributed by atoms with E-state index in [2.05, 4.69) is 0 Å². The highest BCUT2D eigenvalue weighted by Gasteiger charge is 2.44. The molecule has 40 valence electrons. The van der Waals surface area contributed by atoms with Gasteiger partial charge in [-0.1, -0.05) is 0 Å². The van der Waals surface area contributed by atoms with Crippen molar-refractivity contribution in [3.05, 3.63) is 0 Å². The number of rotatable bonds is 1. The Morgan fingerprint density at radius 2 is 1.86 bits per heavy atom. The van der Waals surface area contributed by atoms with E-state index in [1.54, 1.807) is 0 Å². The summed E-state index contributed by atoms with van der Waals surface area (Å²) in [7, 11) is -1.31. The van der Waals surface area contributed by atoms with E-state index in [9.17, 15) is 0 Å². The summed E-state index contributed by atoms with van der Waals surface area (Å²) in [6.45, 7) is 0. The minimum atomic E-state index is -1.31. The minimum absolute atomic E-state index is 0.264. The first-order valence-corrected chi connectivity index (χ1v) is 2.26. The second-order valence-electron chi connectivity index (χ2n) is 1.88. The smallest absolute Gasteiger partial charge is 0.427 e. The van der Waals surface area contributed by atoms with Crippen LogP contribution in [0.5, 0.6) is 0 Å². The summed E-state index contributed by atoms with van der Waals surface area (Å²) in [5.74, 6) is -0.264. The average Bonchev–Trinajstić information content (AvgIpc) is 2.17. The van der Waals surface area contributed by atoms with E-state index in [1.165, 1.54) is 0 Å². The fourth-order valence-corrected chi connectivity index (χ4v) is 0.521. The van der Waals surface area contributed by atoms with Crippen LogP contribution in [0.1, 0.15) is 6.42 Å². The predicted octanol–water partition coefficient (Wildman–Crippen LogP) is -1.41.